The summed E-state index contributed by atoms with van der Waals surface area (Å²) < 4.78 is 41.6. The number of halogens is 2. The molecule has 4 aromatic rings. The number of carbonyl (C=O) groups is 1. The van der Waals surface area contributed by atoms with Crippen LogP contribution in [0.4, 0.5) is 14.7 Å². The SMILES string of the molecule is CCOc1ncc(-c2ccn3nc(N)nc3c2)cc1C(=O)NCc1cc(F)cc(F)c1OCC1CCCC1. The number of benzene rings is 1. The van der Waals surface area contributed by atoms with Gasteiger partial charge in [-0.3, -0.25) is 4.79 Å². The lowest BCUT2D eigenvalue weighted by atomic mass is 10.1. The van der Waals surface area contributed by atoms with Gasteiger partial charge in [0.2, 0.25) is 11.8 Å². The van der Waals surface area contributed by atoms with Crippen molar-refractivity contribution in [2.45, 2.75) is 39.2 Å². The summed E-state index contributed by atoms with van der Waals surface area (Å²) in [6.45, 7) is 2.29. The predicted molar refractivity (Wildman–Crippen MR) is 137 cm³/mol. The first-order chi connectivity index (χ1) is 18.4. The van der Waals surface area contributed by atoms with Gasteiger partial charge in [-0.1, -0.05) is 12.8 Å². The third-order valence-electron chi connectivity index (χ3n) is 6.53. The average Bonchev–Trinajstić information content (AvgIpc) is 3.55. The summed E-state index contributed by atoms with van der Waals surface area (Å²) in [5.41, 5.74) is 7.99. The standard InChI is InChI=1S/C27H28F2N6O3/c1-2-37-26-21(10-18(13-32-26)17-7-8-35-23(11-17)33-27(30)34-35)25(36)31-14-19-9-20(28)12-22(29)24(19)38-15-16-5-3-4-6-16/h7-13,16H,2-6,14-15H2,1H3,(H2,30,34)(H,31,36). The fraction of sp³-hybridized carbons (Fsp3) is 0.333. The largest absolute Gasteiger partial charge is 0.490 e. The Labute approximate surface area is 218 Å². The maximum absolute atomic E-state index is 14.6. The van der Waals surface area contributed by atoms with E-state index in [1.54, 1.807) is 42.0 Å². The van der Waals surface area contributed by atoms with E-state index in [0.29, 0.717) is 30.3 Å². The maximum atomic E-state index is 14.6. The highest BCUT2D eigenvalue weighted by atomic mass is 19.1. The van der Waals surface area contributed by atoms with Crippen molar-refractivity contribution in [2.75, 3.05) is 18.9 Å². The third-order valence-corrected chi connectivity index (χ3v) is 6.53. The Morgan fingerprint density at radius 1 is 1.16 bits per heavy atom. The van der Waals surface area contributed by atoms with E-state index in [1.807, 2.05) is 0 Å². The molecule has 1 fully saturated rings. The molecular formula is C27H28F2N6O3. The Hall–Kier alpha value is -4.28. The summed E-state index contributed by atoms with van der Waals surface area (Å²) in [6.07, 6.45) is 7.59. The highest BCUT2D eigenvalue weighted by Crippen LogP contribution is 2.30. The third kappa shape index (κ3) is 5.51. The molecule has 198 valence electrons. The smallest absolute Gasteiger partial charge is 0.257 e. The van der Waals surface area contributed by atoms with Gasteiger partial charge in [0, 0.05) is 36.1 Å². The van der Waals surface area contributed by atoms with E-state index in [2.05, 4.69) is 20.4 Å². The van der Waals surface area contributed by atoms with E-state index >= 15 is 0 Å². The number of nitrogens with two attached hydrogens (primary N) is 1. The highest BCUT2D eigenvalue weighted by molar-refractivity contribution is 5.97. The van der Waals surface area contributed by atoms with Gasteiger partial charge in [-0.2, -0.15) is 4.98 Å². The van der Waals surface area contributed by atoms with Crippen molar-refractivity contribution in [1.82, 2.24) is 24.9 Å². The molecule has 1 aliphatic carbocycles. The van der Waals surface area contributed by atoms with Crippen LogP contribution in [0.5, 0.6) is 11.6 Å². The number of pyridine rings is 2. The van der Waals surface area contributed by atoms with Gasteiger partial charge in [-0.25, -0.2) is 18.3 Å². The van der Waals surface area contributed by atoms with E-state index in [-0.39, 0.29) is 35.2 Å². The van der Waals surface area contributed by atoms with Gasteiger partial charge in [0.05, 0.1) is 13.2 Å². The monoisotopic (exact) mass is 522 g/mol. The second-order valence-electron chi connectivity index (χ2n) is 9.22. The van der Waals surface area contributed by atoms with Gasteiger partial charge in [0.1, 0.15) is 11.4 Å². The van der Waals surface area contributed by atoms with Crippen LogP contribution >= 0.6 is 0 Å². The number of fused-ring (bicyclic) bond motifs is 1. The van der Waals surface area contributed by atoms with E-state index in [4.69, 9.17) is 15.2 Å². The lowest BCUT2D eigenvalue weighted by Crippen LogP contribution is -2.25. The fourth-order valence-corrected chi connectivity index (χ4v) is 4.66. The van der Waals surface area contributed by atoms with Gasteiger partial charge in [-0.05, 0) is 55.5 Å². The first-order valence-corrected chi connectivity index (χ1v) is 12.5. The first-order valence-electron chi connectivity index (χ1n) is 12.5. The minimum absolute atomic E-state index is 0.0450. The van der Waals surface area contributed by atoms with Crippen molar-refractivity contribution in [3.8, 4) is 22.8 Å². The summed E-state index contributed by atoms with van der Waals surface area (Å²) in [4.78, 5) is 21.8. The molecule has 3 aromatic heterocycles. The summed E-state index contributed by atoms with van der Waals surface area (Å²) in [5, 5.41) is 6.79. The maximum Gasteiger partial charge on any atom is 0.257 e. The molecule has 1 saturated carbocycles. The number of nitrogens with one attached hydrogen (secondary N) is 1. The number of ether oxygens (including phenoxy) is 2. The van der Waals surface area contributed by atoms with E-state index < -0.39 is 17.5 Å². The zero-order valence-corrected chi connectivity index (χ0v) is 20.9. The summed E-state index contributed by atoms with van der Waals surface area (Å²) in [5.74, 6) is -1.47. The van der Waals surface area contributed by atoms with Crippen LogP contribution in [0.3, 0.4) is 0 Å². The topological polar surface area (TPSA) is 117 Å². The molecule has 0 spiro atoms. The Balaban J connectivity index is 1.38. The Morgan fingerprint density at radius 3 is 2.76 bits per heavy atom. The van der Waals surface area contributed by atoms with Crippen LogP contribution in [0.25, 0.3) is 16.8 Å². The quantitative estimate of drug-likeness (QED) is 0.331. The van der Waals surface area contributed by atoms with Crippen LogP contribution in [0.15, 0.2) is 42.7 Å². The lowest BCUT2D eigenvalue weighted by molar-refractivity contribution is 0.0945. The summed E-state index contributed by atoms with van der Waals surface area (Å²) >= 11 is 0. The first kappa shape index (κ1) is 25.4. The Kier molecular flexibility index (Phi) is 7.34. The second-order valence-corrected chi connectivity index (χ2v) is 9.22. The molecule has 11 heteroatoms. The van der Waals surface area contributed by atoms with Crippen LogP contribution in [0.1, 0.15) is 48.5 Å². The zero-order valence-electron chi connectivity index (χ0n) is 20.9. The lowest BCUT2D eigenvalue weighted by Gasteiger charge is -2.17. The number of aromatic nitrogens is 4. The molecule has 1 amide bonds. The molecule has 3 heterocycles. The molecule has 3 N–H and O–H groups in total. The number of hydrogen-bond acceptors (Lipinski definition) is 7. The van der Waals surface area contributed by atoms with Gasteiger partial charge < -0.3 is 20.5 Å². The van der Waals surface area contributed by atoms with Crippen molar-refractivity contribution in [3.63, 3.8) is 0 Å². The molecule has 1 aromatic carbocycles. The highest BCUT2D eigenvalue weighted by Gasteiger charge is 2.21. The van der Waals surface area contributed by atoms with Crippen LogP contribution < -0.4 is 20.5 Å². The van der Waals surface area contributed by atoms with Crippen molar-refractivity contribution < 1.29 is 23.0 Å². The number of anilines is 1. The molecular weight excluding hydrogens is 494 g/mol. The number of amides is 1. The Morgan fingerprint density at radius 2 is 1.97 bits per heavy atom. The van der Waals surface area contributed by atoms with Crippen molar-refractivity contribution in [1.29, 1.82) is 0 Å². The molecule has 0 saturated heterocycles. The Bertz CT molecular complexity index is 1470. The molecule has 0 atom stereocenters. The van der Waals surface area contributed by atoms with E-state index in [0.717, 1.165) is 37.3 Å². The number of carbonyl (C=O) groups excluding carboxylic acids is 1. The molecule has 5 rings (SSSR count). The van der Waals surface area contributed by atoms with Crippen LogP contribution in [-0.2, 0) is 6.54 Å². The predicted octanol–water partition coefficient (Wildman–Crippen LogP) is 4.55. The number of nitrogens with zero attached hydrogens (tertiary/aromatic N) is 4. The molecule has 9 nitrogen and oxygen atoms in total. The molecule has 38 heavy (non-hydrogen) atoms. The normalized spacial score (nSPS) is 13.7. The van der Waals surface area contributed by atoms with Gasteiger partial charge in [0.15, 0.2) is 17.2 Å². The van der Waals surface area contributed by atoms with Crippen molar-refractivity contribution >= 4 is 17.5 Å². The fourth-order valence-electron chi connectivity index (χ4n) is 4.66. The van der Waals surface area contributed by atoms with Gasteiger partial charge in [0.25, 0.3) is 5.91 Å². The van der Waals surface area contributed by atoms with E-state index in [9.17, 15) is 13.6 Å². The van der Waals surface area contributed by atoms with Gasteiger partial charge >= 0.3 is 0 Å². The molecule has 0 aliphatic heterocycles. The van der Waals surface area contributed by atoms with E-state index in [1.165, 1.54) is 6.07 Å². The average molecular weight is 523 g/mol. The second kappa shape index (κ2) is 11.0. The van der Waals surface area contributed by atoms with Crippen molar-refractivity contribution in [3.05, 3.63) is 65.5 Å². The minimum atomic E-state index is -0.796. The molecule has 1 aliphatic rings. The van der Waals surface area contributed by atoms with Crippen molar-refractivity contribution in [2.24, 2.45) is 5.92 Å². The summed E-state index contributed by atoms with van der Waals surface area (Å²) in [7, 11) is 0. The van der Waals surface area contributed by atoms with Crippen LogP contribution in [0, 0.1) is 17.6 Å². The molecule has 0 radical (unpaired) electrons. The summed E-state index contributed by atoms with van der Waals surface area (Å²) in [6, 6.07) is 7.17. The number of nitrogen functional groups attached to an aromatic ring is 1. The number of hydrogen-bond donors (Lipinski definition) is 2. The number of rotatable bonds is 9. The minimum Gasteiger partial charge on any atom is -0.490 e. The van der Waals surface area contributed by atoms with Crippen LogP contribution in [0.2, 0.25) is 0 Å². The zero-order chi connectivity index (χ0) is 26.6. The molecule has 0 unspecified atom stereocenters. The van der Waals surface area contributed by atoms with Gasteiger partial charge in [-0.15, -0.1) is 5.10 Å². The molecule has 0 bridgehead atoms. The van der Waals surface area contributed by atoms with Crippen LogP contribution in [-0.4, -0.2) is 38.7 Å².